The Balaban J connectivity index is 1.81. The maximum atomic E-state index is 11.8. The van der Waals surface area contributed by atoms with Gasteiger partial charge in [-0.1, -0.05) is 38.0 Å². The predicted molar refractivity (Wildman–Crippen MR) is 131 cm³/mol. The minimum Gasteiger partial charge on any atom is -0.394 e. The average Bonchev–Trinajstić information content (AvgIpc) is 3.34. The van der Waals surface area contributed by atoms with E-state index in [1.165, 1.54) is 5.57 Å². The van der Waals surface area contributed by atoms with Gasteiger partial charge < -0.3 is 44.8 Å². The minimum absolute atomic E-state index is 0.0758. The molecule has 3 unspecified atom stereocenters. The van der Waals surface area contributed by atoms with Gasteiger partial charge in [-0.15, -0.1) is 0 Å². The maximum absolute atomic E-state index is 11.8. The fourth-order valence-corrected chi connectivity index (χ4v) is 6.96. The molecule has 0 radical (unpaired) electrons. The smallest absolute Gasteiger partial charge is 0.187 e. The molecule has 0 aromatic heterocycles. The van der Waals surface area contributed by atoms with E-state index in [9.17, 15) is 30.6 Å². The first-order valence-corrected chi connectivity index (χ1v) is 13.2. The highest BCUT2D eigenvalue weighted by molar-refractivity contribution is 5.43. The van der Waals surface area contributed by atoms with E-state index in [-0.39, 0.29) is 23.7 Å². The predicted octanol–water partition coefficient (Wildman–Crippen LogP) is 0.505. The molecular weight excluding hydrogens is 468 g/mol. The molecule has 4 aliphatic rings. The molecule has 2 fully saturated rings. The summed E-state index contributed by atoms with van der Waals surface area (Å²) in [6.45, 7) is 8.06. The number of rotatable bonds is 6. The standard InChI is InChI=1S/C27H44O9/c1-12(2)16-8-19(29)27(4)9-17-14(11-34-5)6-7-15(17)13(3)21(30)25(20(16)27)36-26-24(33)23(32)22(31)18(10-28)35-26/h9,12-15,18-19,21-26,28-33H,6-8,10-11H2,1-5H3/b17-9-/t13-,14-,15+,18-,19+,21-,22?,23?,24?,25-,26-,27+/m1/s1. The van der Waals surface area contributed by atoms with Crippen LogP contribution in [-0.2, 0) is 14.2 Å². The van der Waals surface area contributed by atoms with Crippen molar-refractivity contribution < 1.29 is 44.8 Å². The molecule has 1 aliphatic heterocycles. The largest absolute Gasteiger partial charge is 0.394 e. The van der Waals surface area contributed by atoms with Gasteiger partial charge in [-0.2, -0.15) is 0 Å². The molecule has 0 aromatic rings. The Bertz CT molecular complexity index is 854. The summed E-state index contributed by atoms with van der Waals surface area (Å²) in [6, 6.07) is 0. The monoisotopic (exact) mass is 512 g/mol. The number of ether oxygens (including phenoxy) is 3. The van der Waals surface area contributed by atoms with Gasteiger partial charge >= 0.3 is 0 Å². The fourth-order valence-electron chi connectivity index (χ4n) is 6.96. The molecule has 3 aliphatic carbocycles. The Kier molecular flexibility index (Phi) is 8.37. The first-order valence-electron chi connectivity index (χ1n) is 13.2. The summed E-state index contributed by atoms with van der Waals surface area (Å²) in [5.41, 5.74) is 2.15. The van der Waals surface area contributed by atoms with E-state index in [0.29, 0.717) is 13.0 Å². The molecule has 36 heavy (non-hydrogen) atoms. The lowest BCUT2D eigenvalue weighted by Gasteiger charge is -2.46. The lowest BCUT2D eigenvalue weighted by molar-refractivity contribution is -0.315. The fraction of sp³-hybridized carbons (Fsp3) is 0.852. The van der Waals surface area contributed by atoms with Gasteiger partial charge in [0.25, 0.3) is 0 Å². The Morgan fingerprint density at radius 3 is 2.36 bits per heavy atom. The molecule has 0 amide bonds. The van der Waals surface area contributed by atoms with Gasteiger partial charge in [0.1, 0.15) is 30.5 Å². The van der Waals surface area contributed by atoms with Crippen molar-refractivity contribution >= 4 is 0 Å². The van der Waals surface area contributed by atoms with Crippen LogP contribution in [0.1, 0.15) is 47.0 Å². The van der Waals surface area contributed by atoms with E-state index >= 15 is 0 Å². The molecular formula is C27H44O9. The Morgan fingerprint density at radius 1 is 1.06 bits per heavy atom. The van der Waals surface area contributed by atoms with Crippen molar-refractivity contribution in [1.29, 1.82) is 0 Å². The molecule has 4 rings (SSSR count). The lowest BCUT2D eigenvalue weighted by atomic mass is 9.68. The second-order valence-electron chi connectivity index (χ2n) is 11.7. The average molecular weight is 513 g/mol. The van der Waals surface area contributed by atoms with E-state index in [0.717, 1.165) is 24.0 Å². The van der Waals surface area contributed by atoms with E-state index < -0.39 is 61.0 Å². The minimum atomic E-state index is -1.58. The zero-order valence-electron chi connectivity index (χ0n) is 21.9. The van der Waals surface area contributed by atoms with Crippen molar-refractivity contribution in [2.45, 2.75) is 96.0 Å². The van der Waals surface area contributed by atoms with Gasteiger partial charge in [0, 0.05) is 18.4 Å². The molecule has 6 N–H and O–H groups in total. The van der Waals surface area contributed by atoms with Crippen LogP contribution in [0.5, 0.6) is 0 Å². The van der Waals surface area contributed by atoms with Crippen LogP contribution < -0.4 is 0 Å². The molecule has 9 nitrogen and oxygen atoms in total. The molecule has 1 heterocycles. The third-order valence-electron chi connectivity index (χ3n) is 9.19. The van der Waals surface area contributed by atoms with Crippen molar-refractivity contribution in [2.75, 3.05) is 20.3 Å². The van der Waals surface area contributed by atoms with Crippen molar-refractivity contribution in [3.63, 3.8) is 0 Å². The number of methoxy groups -OCH3 is 1. The van der Waals surface area contributed by atoms with E-state index in [2.05, 4.69) is 6.08 Å². The van der Waals surface area contributed by atoms with Crippen LogP contribution in [-0.4, -0.2) is 100.0 Å². The van der Waals surface area contributed by atoms with Gasteiger partial charge in [-0.25, -0.2) is 0 Å². The summed E-state index contributed by atoms with van der Waals surface area (Å²) >= 11 is 0. The van der Waals surface area contributed by atoms with Crippen molar-refractivity contribution in [2.24, 2.45) is 29.1 Å². The van der Waals surface area contributed by atoms with Crippen LogP contribution in [0.4, 0.5) is 0 Å². The molecule has 0 spiro atoms. The first-order chi connectivity index (χ1) is 17.0. The summed E-state index contributed by atoms with van der Waals surface area (Å²) in [7, 11) is 1.69. The van der Waals surface area contributed by atoms with E-state index in [1.807, 2.05) is 27.7 Å². The number of fused-ring (bicyclic) bond motifs is 2. The maximum Gasteiger partial charge on any atom is 0.187 e. The van der Waals surface area contributed by atoms with Crippen molar-refractivity contribution in [1.82, 2.24) is 0 Å². The van der Waals surface area contributed by atoms with Crippen LogP contribution >= 0.6 is 0 Å². The van der Waals surface area contributed by atoms with Gasteiger partial charge in [0.2, 0.25) is 0 Å². The first kappa shape index (κ1) is 28.1. The lowest BCUT2D eigenvalue weighted by Crippen LogP contribution is -2.60. The Labute approximate surface area is 213 Å². The highest BCUT2D eigenvalue weighted by Crippen LogP contribution is 2.55. The zero-order valence-corrected chi connectivity index (χ0v) is 21.9. The van der Waals surface area contributed by atoms with Crippen LogP contribution in [0.25, 0.3) is 0 Å². The topological polar surface area (TPSA) is 149 Å². The number of hydrogen-bond acceptors (Lipinski definition) is 9. The zero-order chi connectivity index (χ0) is 26.5. The van der Waals surface area contributed by atoms with E-state index in [1.54, 1.807) is 7.11 Å². The van der Waals surface area contributed by atoms with Gasteiger partial charge in [-0.3, -0.25) is 0 Å². The van der Waals surface area contributed by atoms with Crippen LogP contribution in [0.2, 0.25) is 0 Å². The molecule has 12 atom stereocenters. The molecule has 1 saturated heterocycles. The number of aliphatic hydroxyl groups excluding tert-OH is 6. The highest BCUT2D eigenvalue weighted by atomic mass is 16.7. The van der Waals surface area contributed by atoms with Crippen LogP contribution in [0.3, 0.4) is 0 Å². The van der Waals surface area contributed by atoms with Crippen molar-refractivity contribution in [3.8, 4) is 0 Å². The summed E-state index contributed by atoms with van der Waals surface area (Å²) in [5.74, 6) is 0.170. The summed E-state index contributed by atoms with van der Waals surface area (Å²) in [5, 5.41) is 64.1. The number of aliphatic hydroxyl groups is 6. The second-order valence-corrected chi connectivity index (χ2v) is 11.7. The summed E-state index contributed by atoms with van der Waals surface area (Å²) < 4.78 is 17.5. The molecule has 1 saturated carbocycles. The molecule has 0 aromatic carbocycles. The molecule has 206 valence electrons. The summed E-state index contributed by atoms with van der Waals surface area (Å²) in [6.07, 6.45) is -5.39. The van der Waals surface area contributed by atoms with Crippen molar-refractivity contribution in [3.05, 3.63) is 22.8 Å². The molecule has 9 heteroatoms. The third-order valence-corrected chi connectivity index (χ3v) is 9.19. The quantitative estimate of drug-likeness (QED) is 0.280. The molecule has 0 bridgehead atoms. The third kappa shape index (κ3) is 4.61. The summed E-state index contributed by atoms with van der Waals surface area (Å²) in [4.78, 5) is 0. The Hall–Kier alpha value is -0.880. The Morgan fingerprint density at radius 2 is 1.75 bits per heavy atom. The van der Waals surface area contributed by atoms with Crippen LogP contribution in [0.15, 0.2) is 22.8 Å². The number of hydrogen-bond donors (Lipinski definition) is 6. The van der Waals surface area contributed by atoms with Crippen LogP contribution in [0, 0.1) is 29.1 Å². The second kappa shape index (κ2) is 10.7. The van der Waals surface area contributed by atoms with Gasteiger partial charge in [0.05, 0.1) is 25.4 Å². The SMILES string of the molecule is COC[C@H]1CC[C@@H]2/C1=C\[C@]1(C)C(=C(C(C)C)C[C@@H]1O)[C@@H](O[C@H]1O[C@H](CO)C(O)C(O)C1O)[C@H](O)[C@@H]2C. The van der Waals surface area contributed by atoms with E-state index in [4.69, 9.17) is 14.2 Å². The van der Waals surface area contributed by atoms with Gasteiger partial charge in [0.15, 0.2) is 6.29 Å². The van der Waals surface area contributed by atoms with Gasteiger partial charge in [-0.05, 0) is 49.5 Å². The highest BCUT2D eigenvalue weighted by Gasteiger charge is 2.55. The normalized spacial score (nSPS) is 48.9.